The summed E-state index contributed by atoms with van der Waals surface area (Å²) >= 11 is 1.15. The highest BCUT2D eigenvalue weighted by molar-refractivity contribution is 7.22. The minimum absolute atomic E-state index is 0.0250. The number of aromatic nitrogens is 3. The van der Waals surface area contributed by atoms with Crippen LogP contribution < -0.4 is 10.1 Å². The number of nitro groups is 1. The number of hydrogen-bond donors (Lipinski definition) is 1. The number of non-ortho nitro benzene ring substituents is 1. The van der Waals surface area contributed by atoms with Crippen LogP contribution in [0, 0.1) is 10.1 Å². The third-order valence-corrected chi connectivity index (χ3v) is 4.61. The van der Waals surface area contributed by atoms with Gasteiger partial charge in [0.1, 0.15) is 6.33 Å². The van der Waals surface area contributed by atoms with Crippen molar-refractivity contribution in [3.8, 4) is 5.88 Å². The second kappa shape index (κ2) is 6.92. The molecule has 134 valence electrons. The zero-order valence-electron chi connectivity index (χ0n) is 13.7. The number of para-hydroxylation sites is 1. The molecule has 0 bridgehead atoms. The van der Waals surface area contributed by atoms with Crippen molar-refractivity contribution in [3.05, 3.63) is 58.9 Å². The molecule has 9 nitrogen and oxygen atoms in total. The van der Waals surface area contributed by atoms with Crippen LogP contribution in [0.4, 0.5) is 10.8 Å². The smallest absolute Gasteiger partial charge is 0.270 e. The molecular weight excluding hydrogens is 370 g/mol. The lowest BCUT2D eigenvalue weighted by molar-refractivity contribution is -0.384. The van der Waals surface area contributed by atoms with E-state index in [0.717, 1.165) is 16.9 Å². The molecule has 0 aliphatic heterocycles. The van der Waals surface area contributed by atoms with Gasteiger partial charge < -0.3 is 4.74 Å². The first-order chi connectivity index (χ1) is 13.1. The first kappa shape index (κ1) is 16.8. The van der Waals surface area contributed by atoms with Crippen LogP contribution in [0.15, 0.2) is 48.8 Å². The molecule has 0 saturated heterocycles. The highest BCUT2D eigenvalue weighted by atomic mass is 32.1. The molecule has 0 aliphatic rings. The van der Waals surface area contributed by atoms with Crippen LogP contribution in [0.1, 0.15) is 0 Å². The number of carbonyl (C=O) groups excluding carboxylic acids is 1. The van der Waals surface area contributed by atoms with Gasteiger partial charge in [0.2, 0.25) is 5.88 Å². The van der Waals surface area contributed by atoms with E-state index in [1.807, 2.05) is 24.3 Å². The van der Waals surface area contributed by atoms with E-state index in [4.69, 9.17) is 4.74 Å². The van der Waals surface area contributed by atoms with Gasteiger partial charge in [0, 0.05) is 12.1 Å². The van der Waals surface area contributed by atoms with Gasteiger partial charge in [-0.3, -0.25) is 20.2 Å². The summed E-state index contributed by atoms with van der Waals surface area (Å²) < 4.78 is 6.12. The molecule has 0 saturated carbocycles. The number of amides is 1. The van der Waals surface area contributed by atoms with Crippen molar-refractivity contribution < 1.29 is 14.5 Å². The number of carbonyl (C=O) groups is 1. The van der Waals surface area contributed by atoms with E-state index in [1.165, 1.54) is 18.5 Å². The van der Waals surface area contributed by atoms with Gasteiger partial charge in [-0.2, -0.15) is 0 Å². The first-order valence-corrected chi connectivity index (χ1v) is 8.59. The Hall–Kier alpha value is -3.66. The molecule has 2 heterocycles. The van der Waals surface area contributed by atoms with Crippen molar-refractivity contribution in [2.24, 2.45) is 0 Å². The third kappa shape index (κ3) is 3.51. The Morgan fingerprint density at radius 1 is 1.19 bits per heavy atom. The average Bonchev–Trinajstić information content (AvgIpc) is 3.07. The fourth-order valence-corrected chi connectivity index (χ4v) is 3.38. The maximum absolute atomic E-state index is 12.2. The number of hydrogen-bond acceptors (Lipinski definition) is 8. The molecule has 2 aromatic carbocycles. The van der Waals surface area contributed by atoms with Crippen molar-refractivity contribution in [3.63, 3.8) is 0 Å². The van der Waals surface area contributed by atoms with E-state index >= 15 is 0 Å². The van der Waals surface area contributed by atoms with Gasteiger partial charge in [-0.15, -0.1) is 0 Å². The monoisotopic (exact) mass is 381 g/mol. The number of nitrogens with one attached hydrogen (secondary N) is 1. The van der Waals surface area contributed by atoms with Crippen LogP contribution in [0.2, 0.25) is 0 Å². The lowest BCUT2D eigenvalue weighted by atomic mass is 10.2. The summed E-state index contributed by atoms with van der Waals surface area (Å²) in [5, 5.41) is 14.5. The fraction of sp³-hybridized carbons (Fsp3) is 0.0588. The highest BCUT2D eigenvalue weighted by Gasteiger charge is 2.13. The summed E-state index contributed by atoms with van der Waals surface area (Å²) in [6.07, 6.45) is 1.37. The average molecular weight is 381 g/mol. The molecule has 0 spiro atoms. The van der Waals surface area contributed by atoms with E-state index in [2.05, 4.69) is 20.3 Å². The number of nitro benzene ring substituents is 1. The third-order valence-electron chi connectivity index (χ3n) is 3.68. The molecule has 10 heteroatoms. The van der Waals surface area contributed by atoms with Crippen LogP contribution in [-0.2, 0) is 4.79 Å². The quantitative estimate of drug-likeness (QED) is 0.416. The summed E-state index contributed by atoms with van der Waals surface area (Å²) in [5.74, 6) is -0.0954. The van der Waals surface area contributed by atoms with Crippen LogP contribution in [0.5, 0.6) is 5.88 Å². The van der Waals surface area contributed by atoms with Crippen LogP contribution in [-0.4, -0.2) is 32.4 Å². The number of nitrogens with zero attached hydrogens (tertiary/aromatic N) is 4. The molecule has 0 fully saturated rings. The first-order valence-electron chi connectivity index (χ1n) is 7.77. The molecule has 4 rings (SSSR count). The zero-order valence-corrected chi connectivity index (χ0v) is 14.5. The second-order valence-electron chi connectivity index (χ2n) is 5.46. The molecule has 0 aliphatic carbocycles. The topological polar surface area (TPSA) is 120 Å². The van der Waals surface area contributed by atoms with Crippen molar-refractivity contribution >= 4 is 49.2 Å². The van der Waals surface area contributed by atoms with Crippen molar-refractivity contribution in [2.45, 2.75) is 0 Å². The number of ether oxygens (including phenoxy) is 1. The van der Waals surface area contributed by atoms with E-state index in [-0.39, 0.29) is 12.3 Å². The molecule has 1 amide bonds. The van der Waals surface area contributed by atoms with Crippen LogP contribution in [0.3, 0.4) is 0 Å². The summed E-state index contributed by atoms with van der Waals surface area (Å²) in [7, 11) is 0. The summed E-state index contributed by atoms with van der Waals surface area (Å²) in [4.78, 5) is 34.9. The normalized spacial score (nSPS) is 10.8. The number of anilines is 1. The van der Waals surface area contributed by atoms with Crippen molar-refractivity contribution in [1.82, 2.24) is 15.0 Å². The van der Waals surface area contributed by atoms with E-state index in [0.29, 0.717) is 26.6 Å². The van der Waals surface area contributed by atoms with Gasteiger partial charge in [0.25, 0.3) is 11.6 Å². The van der Waals surface area contributed by atoms with E-state index in [1.54, 1.807) is 6.07 Å². The maximum Gasteiger partial charge on any atom is 0.270 e. The molecule has 0 atom stereocenters. The minimum Gasteiger partial charge on any atom is -0.467 e. The molecular formula is C17H11N5O4S. The Balaban J connectivity index is 1.46. The number of rotatable bonds is 5. The molecule has 27 heavy (non-hydrogen) atoms. The standard InChI is InChI=1S/C17H11N5O4S/c23-15(8-26-16-11-3-1-2-4-12(11)18-9-19-16)21-17-20-13-6-5-10(22(24)25)7-14(13)27-17/h1-7,9H,8H2,(H,20,21,23). The van der Waals surface area contributed by atoms with Crippen LogP contribution >= 0.6 is 11.3 Å². The van der Waals surface area contributed by atoms with Crippen molar-refractivity contribution in [2.75, 3.05) is 11.9 Å². The van der Waals surface area contributed by atoms with E-state index < -0.39 is 10.8 Å². The van der Waals surface area contributed by atoms with E-state index in [9.17, 15) is 14.9 Å². The van der Waals surface area contributed by atoms with Gasteiger partial charge in [-0.25, -0.2) is 15.0 Å². The molecule has 2 aromatic heterocycles. The molecule has 4 aromatic rings. The van der Waals surface area contributed by atoms with Crippen LogP contribution in [0.25, 0.3) is 21.1 Å². The summed E-state index contributed by atoms with van der Waals surface area (Å²) in [6, 6.07) is 11.7. The lowest BCUT2D eigenvalue weighted by Gasteiger charge is -2.07. The maximum atomic E-state index is 12.2. The Bertz CT molecular complexity index is 1170. The second-order valence-corrected chi connectivity index (χ2v) is 6.49. The largest absolute Gasteiger partial charge is 0.467 e. The highest BCUT2D eigenvalue weighted by Crippen LogP contribution is 2.29. The number of fused-ring (bicyclic) bond motifs is 2. The summed E-state index contributed by atoms with van der Waals surface area (Å²) in [6.45, 7) is -0.253. The van der Waals surface area contributed by atoms with Gasteiger partial charge in [0.05, 0.1) is 26.0 Å². The van der Waals surface area contributed by atoms with Gasteiger partial charge in [-0.05, 0) is 18.2 Å². The lowest BCUT2D eigenvalue weighted by Crippen LogP contribution is -2.20. The van der Waals surface area contributed by atoms with Crippen molar-refractivity contribution in [1.29, 1.82) is 0 Å². The summed E-state index contributed by atoms with van der Waals surface area (Å²) in [5.41, 5.74) is 1.27. The predicted octanol–water partition coefficient (Wildman–Crippen LogP) is 3.17. The number of benzene rings is 2. The SMILES string of the molecule is O=C(COc1ncnc2ccccc12)Nc1nc2ccc([N+](=O)[O-])cc2s1. The predicted molar refractivity (Wildman–Crippen MR) is 99.9 cm³/mol. The van der Waals surface area contributed by atoms with Gasteiger partial charge >= 0.3 is 0 Å². The fourth-order valence-electron chi connectivity index (χ4n) is 2.46. The molecule has 0 unspecified atom stereocenters. The zero-order chi connectivity index (χ0) is 18.8. The molecule has 0 radical (unpaired) electrons. The molecule has 1 N–H and O–H groups in total. The van der Waals surface area contributed by atoms with Gasteiger partial charge in [-0.1, -0.05) is 23.5 Å². The Labute approximate surface area is 155 Å². The Kier molecular flexibility index (Phi) is 4.30. The Morgan fingerprint density at radius 3 is 2.89 bits per heavy atom. The number of thiazole rings is 1. The Morgan fingerprint density at radius 2 is 2.04 bits per heavy atom. The van der Waals surface area contributed by atoms with Gasteiger partial charge in [0.15, 0.2) is 11.7 Å². The minimum atomic E-state index is -0.475.